The van der Waals surface area contributed by atoms with Crippen LogP contribution in [0, 0.1) is 19.8 Å². The van der Waals surface area contributed by atoms with Crippen molar-refractivity contribution in [3.63, 3.8) is 0 Å². The van der Waals surface area contributed by atoms with Crippen LogP contribution in [-0.4, -0.2) is 39.4 Å². The predicted molar refractivity (Wildman–Crippen MR) is 130 cm³/mol. The van der Waals surface area contributed by atoms with Crippen LogP contribution in [0.3, 0.4) is 0 Å². The minimum Gasteiger partial charge on any atom is -0.493 e. The fourth-order valence-electron chi connectivity index (χ4n) is 4.06. The van der Waals surface area contributed by atoms with Gasteiger partial charge in [-0.3, -0.25) is 4.79 Å². The Morgan fingerprint density at radius 2 is 1.85 bits per heavy atom. The highest BCUT2D eigenvalue weighted by Crippen LogP contribution is 2.33. The Balaban J connectivity index is 1.80. The second-order valence-corrected chi connectivity index (χ2v) is 8.16. The van der Waals surface area contributed by atoms with Gasteiger partial charge < -0.3 is 30.2 Å². The summed E-state index contributed by atoms with van der Waals surface area (Å²) in [6.45, 7) is 6.56. The van der Waals surface area contributed by atoms with E-state index < -0.39 is 17.9 Å². The zero-order valence-electron chi connectivity index (χ0n) is 20.4. The summed E-state index contributed by atoms with van der Waals surface area (Å²) in [4.78, 5) is 25.5. The Morgan fingerprint density at radius 1 is 1.09 bits per heavy atom. The number of hydrogen-bond donors (Lipinski definition) is 3. The van der Waals surface area contributed by atoms with E-state index in [0.29, 0.717) is 30.2 Å². The molecule has 0 aromatic heterocycles. The molecule has 2 aromatic carbocycles. The molecule has 1 aliphatic heterocycles. The lowest BCUT2D eigenvalue weighted by molar-refractivity contribution is -0.147. The minimum absolute atomic E-state index is 0.253. The maximum absolute atomic E-state index is 13.0. The van der Waals surface area contributed by atoms with Crippen molar-refractivity contribution in [1.29, 1.82) is 0 Å². The lowest BCUT2D eigenvalue weighted by Crippen LogP contribution is -2.52. The molecule has 0 unspecified atom stereocenters. The van der Waals surface area contributed by atoms with Crippen molar-refractivity contribution < 1.29 is 23.8 Å². The van der Waals surface area contributed by atoms with Crippen molar-refractivity contribution in [3.05, 3.63) is 70.5 Å². The molecule has 1 fully saturated rings. The van der Waals surface area contributed by atoms with Gasteiger partial charge in [0.25, 0.3) is 0 Å². The van der Waals surface area contributed by atoms with Crippen LogP contribution >= 0.6 is 0 Å². The van der Waals surface area contributed by atoms with Crippen molar-refractivity contribution in [3.8, 4) is 11.5 Å². The van der Waals surface area contributed by atoms with E-state index in [4.69, 9.17) is 14.2 Å². The first-order valence-electron chi connectivity index (χ1n) is 11.3. The monoisotopic (exact) mass is 467 g/mol. The molecule has 34 heavy (non-hydrogen) atoms. The van der Waals surface area contributed by atoms with E-state index in [2.05, 4.69) is 16.0 Å². The Bertz CT molecular complexity index is 1070. The van der Waals surface area contributed by atoms with Crippen molar-refractivity contribution in [2.45, 2.75) is 33.2 Å². The second-order valence-electron chi connectivity index (χ2n) is 8.16. The summed E-state index contributed by atoms with van der Waals surface area (Å²) >= 11 is 0. The molecule has 1 heterocycles. The number of hydrogen-bond acceptors (Lipinski definition) is 6. The minimum atomic E-state index is -0.702. The fraction of sp³-hybridized carbons (Fsp3) is 0.385. The van der Waals surface area contributed by atoms with Gasteiger partial charge in [0.15, 0.2) is 11.5 Å². The molecular formula is C26H33N3O5. The number of carbonyl (C=O) groups is 2. The lowest BCUT2D eigenvalue weighted by Gasteiger charge is -2.34. The van der Waals surface area contributed by atoms with Gasteiger partial charge in [-0.25, -0.2) is 4.79 Å². The smallest absolute Gasteiger partial charge is 0.319 e. The number of rotatable bonds is 9. The Kier molecular flexibility index (Phi) is 8.40. The van der Waals surface area contributed by atoms with Gasteiger partial charge in [-0.05, 0) is 56.0 Å². The molecule has 2 amide bonds. The standard InChI is InChI=1S/C26H33N3O5/c1-6-34-25(30)23-20(15-27-12-11-18-9-10-21(32-4)22(14-18)33-5)28-26(31)29-24(23)19-13-16(2)7-8-17(19)3/h7-10,13-15,23-24,27H,6,11-12H2,1-5H3,(H2,28,29,31)/b20-15+/t23-,24-/m0/s1. The second kappa shape index (κ2) is 11.4. The van der Waals surface area contributed by atoms with E-state index in [9.17, 15) is 9.59 Å². The number of benzene rings is 2. The summed E-state index contributed by atoms with van der Waals surface area (Å²) in [6.07, 6.45) is 2.40. The van der Waals surface area contributed by atoms with Gasteiger partial charge >= 0.3 is 12.0 Å². The van der Waals surface area contributed by atoms with Crippen LogP contribution in [0.5, 0.6) is 11.5 Å². The first kappa shape index (κ1) is 25.0. The van der Waals surface area contributed by atoms with E-state index in [-0.39, 0.29) is 12.6 Å². The van der Waals surface area contributed by atoms with Gasteiger partial charge in [-0.1, -0.05) is 29.8 Å². The molecule has 0 radical (unpaired) electrons. The quantitative estimate of drug-likeness (QED) is 0.386. The number of nitrogens with one attached hydrogen (secondary N) is 3. The number of methoxy groups -OCH3 is 2. The first-order chi connectivity index (χ1) is 16.4. The molecule has 1 aliphatic rings. The highest BCUT2D eigenvalue weighted by Gasteiger charge is 2.40. The SMILES string of the molecule is CCOC(=O)[C@H]1/C(=C\NCCc2ccc(OC)c(OC)c2)NC(=O)N[C@H]1c1cc(C)ccc1C. The number of carbonyl (C=O) groups excluding carboxylic acids is 2. The molecule has 1 saturated heterocycles. The van der Waals surface area contributed by atoms with Crippen molar-refractivity contribution >= 4 is 12.0 Å². The molecule has 3 rings (SSSR count). The largest absolute Gasteiger partial charge is 0.493 e. The maximum Gasteiger partial charge on any atom is 0.319 e. The summed E-state index contributed by atoms with van der Waals surface area (Å²) in [5.41, 5.74) is 4.47. The summed E-state index contributed by atoms with van der Waals surface area (Å²) in [7, 11) is 3.20. The fourth-order valence-corrected chi connectivity index (χ4v) is 4.06. The van der Waals surface area contributed by atoms with Crippen LogP contribution in [0.4, 0.5) is 4.79 Å². The number of ether oxygens (including phenoxy) is 3. The van der Waals surface area contributed by atoms with Crippen molar-refractivity contribution in [1.82, 2.24) is 16.0 Å². The van der Waals surface area contributed by atoms with Crippen LogP contribution in [-0.2, 0) is 16.0 Å². The molecule has 8 heteroatoms. The lowest BCUT2D eigenvalue weighted by atomic mass is 9.86. The predicted octanol–water partition coefficient (Wildman–Crippen LogP) is 3.53. The topological polar surface area (TPSA) is 97.9 Å². The van der Waals surface area contributed by atoms with Crippen LogP contribution in [0.2, 0.25) is 0 Å². The molecule has 2 aromatic rings. The first-order valence-corrected chi connectivity index (χ1v) is 11.3. The molecular weight excluding hydrogens is 434 g/mol. The van der Waals surface area contributed by atoms with Crippen LogP contribution in [0.15, 0.2) is 48.3 Å². The number of aryl methyl sites for hydroxylation is 2. The third-order valence-electron chi connectivity index (χ3n) is 5.79. The van der Waals surface area contributed by atoms with Crippen LogP contribution in [0.25, 0.3) is 0 Å². The summed E-state index contributed by atoms with van der Waals surface area (Å²) in [5, 5.41) is 8.93. The molecule has 8 nitrogen and oxygen atoms in total. The summed E-state index contributed by atoms with van der Waals surface area (Å²) in [6, 6.07) is 10.9. The van der Waals surface area contributed by atoms with E-state index in [1.54, 1.807) is 27.3 Å². The maximum atomic E-state index is 13.0. The average molecular weight is 468 g/mol. The summed E-state index contributed by atoms with van der Waals surface area (Å²) < 4.78 is 16.0. The molecule has 0 spiro atoms. The van der Waals surface area contributed by atoms with Crippen LogP contribution < -0.4 is 25.4 Å². The van der Waals surface area contributed by atoms with Gasteiger partial charge in [0.05, 0.1) is 32.6 Å². The average Bonchev–Trinajstić information content (AvgIpc) is 2.82. The molecule has 0 bridgehead atoms. The normalized spacial score (nSPS) is 18.6. The third kappa shape index (κ3) is 5.81. The summed E-state index contributed by atoms with van der Waals surface area (Å²) in [5.74, 6) is 0.247. The molecule has 3 N–H and O–H groups in total. The van der Waals surface area contributed by atoms with E-state index in [0.717, 1.165) is 22.3 Å². The third-order valence-corrected chi connectivity index (χ3v) is 5.79. The molecule has 0 aliphatic carbocycles. The van der Waals surface area contributed by atoms with Gasteiger partial charge in [0.2, 0.25) is 0 Å². The molecule has 0 saturated carbocycles. The molecule has 182 valence electrons. The van der Waals surface area contributed by atoms with E-state index in [1.807, 2.05) is 50.2 Å². The Labute approximate surface area is 200 Å². The van der Waals surface area contributed by atoms with Gasteiger partial charge in [0, 0.05) is 12.7 Å². The highest BCUT2D eigenvalue weighted by atomic mass is 16.5. The van der Waals surface area contributed by atoms with Crippen LogP contribution in [0.1, 0.15) is 35.2 Å². The zero-order chi connectivity index (χ0) is 24.7. The number of amides is 2. The van der Waals surface area contributed by atoms with Gasteiger partial charge in [0.1, 0.15) is 5.92 Å². The number of esters is 1. The van der Waals surface area contributed by atoms with E-state index >= 15 is 0 Å². The van der Waals surface area contributed by atoms with E-state index in [1.165, 1.54) is 0 Å². The number of urea groups is 1. The Hall–Kier alpha value is -3.68. The Morgan fingerprint density at radius 3 is 2.56 bits per heavy atom. The zero-order valence-corrected chi connectivity index (χ0v) is 20.4. The van der Waals surface area contributed by atoms with Crippen molar-refractivity contribution in [2.24, 2.45) is 5.92 Å². The molecule has 2 atom stereocenters. The van der Waals surface area contributed by atoms with Gasteiger partial charge in [-0.15, -0.1) is 0 Å². The van der Waals surface area contributed by atoms with Crippen molar-refractivity contribution in [2.75, 3.05) is 27.4 Å². The highest BCUT2D eigenvalue weighted by molar-refractivity contribution is 5.85. The van der Waals surface area contributed by atoms with Gasteiger partial charge in [-0.2, -0.15) is 0 Å².